The number of hydrogen-bond donors (Lipinski definition) is 0. The van der Waals surface area contributed by atoms with Gasteiger partial charge in [-0.15, -0.1) is 0 Å². The molecule has 0 aromatic rings. The first kappa shape index (κ1) is 11.0. The molecule has 0 amide bonds. The number of fused-ring (bicyclic) bond motifs is 8. The van der Waals surface area contributed by atoms with Crippen molar-refractivity contribution < 1.29 is 0 Å². The van der Waals surface area contributed by atoms with Crippen LogP contribution in [0, 0.1) is 11.8 Å². The Morgan fingerprint density at radius 1 is 0.600 bits per heavy atom. The van der Waals surface area contributed by atoms with Crippen LogP contribution in [0.5, 0.6) is 0 Å². The molecule has 0 unspecified atom stereocenters. The van der Waals surface area contributed by atoms with Crippen molar-refractivity contribution >= 4 is 0 Å². The predicted octanol–water partition coefficient (Wildman–Crippen LogP) is 4.87. The van der Waals surface area contributed by atoms with Crippen molar-refractivity contribution in [2.24, 2.45) is 11.8 Å². The first-order valence-electron chi connectivity index (χ1n) is 6.78. The van der Waals surface area contributed by atoms with Crippen LogP contribution in [-0.2, 0) is 0 Å². The Labute approximate surface area is 94.5 Å². The first-order valence-corrected chi connectivity index (χ1v) is 6.78. The van der Waals surface area contributed by atoms with Crippen LogP contribution in [0.3, 0.4) is 0 Å². The van der Waals surface area contributed by atoms with Crippen LogP contribution in [0.25, 0.3) is 0 Å². The summed E-state index contributed by atoms with van der Waals surface area (Å²) in [6.45, 7) is 0. The Hall–Kier alpha value is -0.520. The lowest BCUT2D eigenvalue weighted by Crippen LogP contribution is -2.03. The third-order valence-electron chi connectivity index (χ3n) is 3.89. The lowest BCUT2D eigenvalue weighted by Gasteiger charge is -2.18. The molecular weight excluding hydrogens is 180 g/mol. The molecule has 0 N–H and O–H groups in total. The highest BCUT2D eigenvalue weighted by Gasteiger charge is 2.11. The highest BCUT2D eigenvalue weighted by molar-refractivity contribution is 4.99. The van der Waals surface area contributed by atoms with Crippen LogP contribution in [0.1, 0.15) is 57.8 Å². The smallest absolute Gasteiger partial charge is 0.0169 e. The molecule has 2 bridgehead atoms. The van der Waals surface area contributed by atoms with Crippen molar-refractivity contribution in [3.05, 3.63) is 24.3 Å². The van der Waals surface area contributed by atoms with Crippen molar-refractivity contribution in [1.29, 1.82) is 0 Å². The summed E-state index contributed by atoms with van der Waals surface area (Å²) in [6, 6.07) is 0. The molecule has 0 heterocycles. The SMILES string of the molecule is C1=CC2CCCCC(C=CC1)CCCC2. The third-order valence-corrected chi connectivity index (χ3v) is 3.89. The molecule has 3 rings (SSSR count). The molecule has 0 saturated heterocycles. The largest absolute Gasteiger partial charge is 0.0851 e. The maximum atomic E-state index is 2.48. The van der Waals surface area contributed by atoms with E-state index in [1.165, 1.54) is 51.4 Å². The van der Waals surface area contributed by atoms with Gasteiger partial charge in [0.1, 0.15) is 0 Å². The summed E-state index contributed by atoms with van der Waals surface area (Å²) >= 11 is 0. The van der Waals surface area contributed by atoms with E-state index < -0.39 is 0 Å². The molecular formula is C15H24. The molecule has 0 nitrogen and oxygen atoms in total. The Balaban J connectivity index is 2.06. The second kappa shape index (κ2) is 6.15. The molecule has 3 aliphatic rings. The van der Waals surface area contributed by atoms with Crippen molar-refractivity contribution in [2.45, 2.75) is 57.8 Å². The molecule has 0 heteroatoms. The number of allylic oxidation sites excluding steroid dienone is 4. The van der Waals surface area contributed by atoms with Crippen LogP contribution in [0.4, 0.5) is 0 Å². The van der Waals surface area contributed by atoms with E-state index in [1.807, 2.05) is 0 Å². The summed E-state index contributed by atoms with van der Waals surface area (Å²) < 4.78 is 0. The van der Waals surface area contributed by atoms with Gasteiger partial charge in [-0.25, -0.2) is 0 Å². The minimum atomic E-state index is 0.882. The van der Waals surface area contributed by atoms with E-state index in [0.29, 0.717) is 0 Å². The standard InChI is InChI=1S/C15H24/c1-2-8-14-10-4-6-12-15(9-3-1)13-7-5-11-14/h2-3,8-9,14-15H,1,4-7,10-13H2. The van der Waals surface area contributed by atoms with Gasteiger partial charge in [0.05, 0.1) is 0 Å². The van der Waals surface area contributed by atoms with Gasteiger partial charge >= 0.3 is 0 Å². The summed E-state index contributed by atoms with van der Waals surface area (Å²) in [6.07, 6.45) is 22.4. The summed E-state index contributed by atoms with van der Waals surface area (Å²) in [5.74, 6) is 1.76. The van der Waals surface area contributed by atoms with Gasteiger partial charge in [0.2, 0.25) is 0 Å². The molecule has 0 atom stereocenters. The summed E-state index contributed by atoms with van der Waals surface area (Å²) in [5.41, 5.74) is 0. The van der Waals surface area contributed by atoms with E-state index in [9.17, 15) is 0 Å². The minimum absolute atomic E-state index is 0.882. The van der Waals surface area contributed by atoms with Gasteiger partial charge in [-0.1, -0.05) is 50.0 Å². The third kappa shape index (κ3) is 3.85. The number of rotatable bonds is 0. The van der Waals surface area contributed by atoms with Crippen molar-refractivity contribution in [1.82, 2.24) is 0 Å². The molecule has 0 radical (unpaired) electrons. The molecule has 0 spiro atoms. The summed E-state index contributed by atoms with van der Waals surface area (Å²) in [5, 5.41) is 0. The minimum Gasteiger partial charge on any atom is -0.0851 e. The molecule has 0 aromatic carbocycles. The van der Waals surface area contributed by atoms with Crippen LogP contribution in [0.2, 0.25) is 0 Å². The molecule has 15 heavy (non-hydrogen) atoms. The van der Waals surface area contributed by atoms with Gasteiger partial charge in [0.15, 0.2) is 0 Å². The van der Waals surface area contributed by atoms with Crippen molar-refractivity contribution in [3.63, 3.8) is 0 Å². The predicted molar refractivity (Wildman–Crippen MR) is 66.8 cm³/mol. The molecule has 0 aromatic heterocycles. The fraction of sp³-hybridized carbons (Fsp3) is 0.733. The fourth-order valence-electron chi connectivity index (χ4n) is 2.92. The highest BCUT2D eigenvalue weighted by Crippen LogP contribution is 2.26. The topological polar surface area (TPSA) is 0 Å². The van der Waals surface area contributed by atoms with Crippen LogP contribution >= 0.6 is 0 Å². The van der Waals surface area contributed by atoms with Gasteiger partial charge < -0.3 is 0 Å². The monoisotopic (exact) mass is 204 g/mol. The summed E-state index contributed by atoms with van der Waals surface area (Å²) in [4.78, 5) is 0. The van der Waals surface area contributed by atoms with Gasteiger partial charge in [-0.2, -0.15) is 0 Å². The number of hydrogen-bond acceptors (Lipinski definition) is 0. The quantitative estimate of drug-likeness (QED) is 0.494. The van der Waals surface area contributed by atoms with Gasteiger partial charge in [-0.3, -0.25) is 0 Å². The fourth-order valence-corrected chi connectivity index (χ4v) is 2.92. The van der Waals surface area contributed by atoms with E-state index in [2.05, 4.69) is 24.3 Å². The highest BCUT2D eigenvalue weighted by atomic mass is 14.2. The molecule has 84 valence electrons. The van der Waals surface area contributed by atoms with Gasteiger partial charge in [-0.05, 0) is 43.9 Å². The van der Waals surface area contributed by atoms with Crippen molar-refractivity contribution in [2.75, 3.05) is 0 Å². The maximum Gasteiger partial charge on any atom is -0.0169 e. The normalized spacial score (nSPS) is 33.1. The lowest BCUT2D eigenvalue weighted by atomic mass is 9.88. The first-order chi connectivity index (χ1) is 7.45. The molecule has 1 saturated carbocycles. The van der Waals surface area contributed by atoms with E-state index in [-0.39, 0.29) is 0 Å². The Morgan fingerprint density at radius 3 is 1.40 bits per heavy atom. The van der Waals surface area contributed by atoms with Crippen LogP contribution < -0.4 is 0 Å². The van der Waals surface area contributed by atoms with E-state index >= 15 is 0 Å². The zero-order valence-electron chi connectivity index (χ0n) is 9.83. The van der Waals surface area contributed by atoms with Crippen LogP contribution in [-0.4, -0.2) is 0 Å². The second-order valence-corrected chi connectivity index (χ2v) is 5.18. The average molecular weight is 204 g/mol. The van der Waals surface area contributed by atoms with Crippen molar-refractivity contribution in [3.8, 4) is 0 Å². The van der Waals surface area contributed by atoms with E-state index in [4.69, 9.17) is 0 Å². The zero-order valence-corrected chi connectivity index (χ0v) is 9.83. The average Bonchev–Trinajstić information content (AvgIpc) is 2.34. The van der Waals surface area contributed by atoms with E-state index in [1.54, 1.807) is 0 Å². The Morgan fingerprint density at radius 2 is 1.00 bits per heavy atom. The van der Waals surface area contributed by atoms with Crippen LogP contribution in [0.15, 0.2) is 24.3 Å². The lowest BCUT2D eigenvalue weighted by molar-refractivity contribution is 0.407. The molecule has 1 fully saturated rings. The second-order valence-electron chi connectivity index (χ2n) is 5.18. The zero-order chi connectivity index (χ0) is 10.3. The van der Waals surface area contributed by atoms with Gasteiger partial charge in [0, 0.05) is 0 Å². The van der Waals surface area contributed by atoms with Gasteiger partial charge in [0.25, 0.3) is 0 Å². The summed E-state index contributed by atoms with van der Waals surface area (Å²) in [7, 11) is 0. The molecule has 0 aliphatic heterocycles. The Kier molecular flexibility index (Phi) is 4.50. The van der Waals surface area contributed by atoms with E-state index in [0.717, 1.165) is 18.3 Å². The Bertz CT molecular complexity index is 188. The maximum absolute atomic E-state index is 2.48. The molecule has 3 aliphatic carbocycles.